The fourth-order valence-corrected chi connectivity index (χ4v) is 2.55. The van der Waals surface area contributed by atoms with Crippen molar-refractivity contribution in [3.63, 3.8) is 0 Å². The molecule has 0 aliphatic heterocycles. The molecular formula is C18H26O4. The Labute approximate surface area is 132 Å². The molecule has 1 aromatic carbocycles. The highest BCUT2D eigenvalue weighted by atomic mass is 16.6. The third-order valence-electron chi connectivity index (χ3n) is 3.81. The Kier molecular flexibility index (Phi) is 7.23. The van der Waals surface area contributed by atoms with Crippen LogP contribution in [0.3, 0.4) is 0 Å². The summed E-state index contributed by atoms with van der Waals surface area (Å²) in [5, 5.41) is 0. The summed E-state index contributed by atoms with van der Waals surface area (Å²) in [6, 6.07) is 6.09. The van der Waals surface area contributed by atoms with Crippen LogP contribution in [-0.2, 0) is 27.1 Å². The molecule has 1 aliphatic carbocycles. The topological polar surface area (TPSA) is 44.8 Å². The lowest BCUT2D eigenvalue weighted by Crippen LogP contribution is -2.18. The van der Waals surface area contributed by atoms with Crippen molar-refractivity contribution in [2.75, 3.05) is 26.4 Å². The Hall–Kier alpha value is -1.55. The first-order valence-corrected chi connectivity index (χ1v) is 8.27. The summed E-state index contributed by atoms with van der Waals surface area (Å²) >= 11 is 0. The van der Waals surface area contributed by atoms with Crippen LogP contribution in [0.4, 0.5) is 0 Å². The van der Waals surface area contributed by atoms with Gasteiger partial charge in [0.05, 0.1) is 6.61 Å². The molecule has 2 rings (SSSR count). The van der Waals surface area contributed by atoms with E-state index in [9.17, 15) is 4.79 Å². The van der Waals surface area contributed by atoms with Crippen LogP contribution in [0.2, 0.25) is 0 Å². The Morgan fingerprint density at radius 2 is 1.91 bits per heavy atom. The number of benzene rings is 1. The minimum Gasteiger partial charge on any atom is -0.482 e. The van der Waals surface area contributed by atoms with E-state index in [0.717, 1.165) is 38.0 Å². The second-order valence-corrected chi connectivity index (χ2v) is 5.61. The molecule has 0 N–H and O–H groups in total. The average molecular weight is 306 g/mol. The molecule has 0 fully saturated rings. The van der Waals surface area contributed by atoms with Crippen molar-refractivity contribution in [3.8, 4) is 5.75 Å². The highest BCUT2D eigenvalue weighted by molar-refractivity contribution is 5.71. The monoisotopic (exact) mass is 306 g/mol. The molecule has 22 heavy (non-hydrogen) atoms. The van der Waals surface area contributed by atoms with Crippen molar-refractivity contribution < 1.29 is 19.0 Å². The van der Waals surface area contributed by atoms with Gasteiger partial charge in [-0.05, 0) is 55.4 Å². The van der Waals surface area contributed by atoms with Crippen molar-refractivity contribution in [2.45, 2.75) is 45.4 Å². The van der Waals surface area contributed by atoms with Gasteiger partial charge in [-0.15, -0.1) is 0 Å². The van der Waals surface area contributed by atoms with Crippen LogP contribution in [0.25, 0.3) is 0 Å². The zero-order chi connectivity index (χ0) is 15.6. The van der Waals surface area contributed by atoms with Gasteiger partial charge in [-0.1, -0.05) is 19.4 Å². The van der Waals surface area contributed by atoms with Crippen molar-refractivity contribution in [2.24, 2.45) is 0 Å². The molecule has 0 atom stereocenters. The molecule has 4 nitrogen and oxygen atoms in total. The minimum absolute atomic E-state index is 0.0479. The first-order valence-electron chi connectivity index (χ1n) is 8.27. The van der Waals surface area contributed by atoms with E-state index in [-0.39, 0.29) is 19.2 Å². The number of ether oxygens (including phenoxy) is 3. The fourth-order valence-electron chi connectivity index (χ4n) is 2.55. The van der Waals surface area contributed by atoms with Gasteiger partial charge in [-0.25, -0.2) is 4.79 Å². The molecule has 0 amide bonds. The predicted octanol–water partition coefficient (Wildman–Crippen LogP) is 3.30. The molecule has 4 heteroatoms. The van der Waals surface area contributed by atoms with Crippen LogP contribution in [0, 0.1) is 0 Å². The van der Waals surface area contributed by atoms with Crippen LogP contribution in [0.15, 0.2) is 18.2 Å². The molecule has 0 unspecified atom stereocenters. The molecule has 0 saturated heterocycles. The van der Waals surface area contributed by atoms with E-state index in [2.05, 4.69) is 19.1 Å². The van der Waals surface area contributed by atoms with Gasteiger partial charge >= 0.3 is 5.97 Å². The molecule has 0 heterocycles. The quantitative estimate of drug-likeness (QED) is 0.519. The minimum atomic E-state index is -0.350. The normalized spacial score (nSPS) is 13.5. The van der Waals surface area contributed by atoms with E-state index in [1.807, 2.05) is 6.07 Å². The number of rotatable bonds is 9. The van der Waals surface area contributed by atoms with Crippen LogP contribution >= 0.6 is 0 Å². The predicted molar refractivity (Wildman–Crippen MR) is 85.3 cm³/mol. The second-order valence-electron chi connectivity index (χ2n) is 5.61. The van der Waals surface area contributed by atoms with Gasteiger partial charge in [0, 0.05) is 6.61 Å². The van der Waals surface area contributed by atoms with Gasteiger partial charge in [-0.3, -0.25) is 0 Å². The van der Waals surface area contributed by atoms with Crippen LogP contribution < -0.4 is 4.74 Å². The van der Waals surface area contributed by atoms with Crippen molar-refractivity contribution in [3.05, 3.63) is 29.3 Å². The fraction of sp³-hybridized carbons (Fsp3) is 0.611. The average Bonchev–Trinajstić information content (AvgIpc) is 2.56. The van der Waals surface area contributed by atoms with Crippen molar-refractivity contribution in [1.29, 1.82) is 0 Å². The van der Waals surface area contributed by atoms with Crippen LogP contribution in [0.1, 0.15) is 43.7 Å². The number of carbonyl (C=O) groups excluding carboxylic acids is 1. The number of esters is 1. The molecule has 1 aliphatic rings. The van der Waals surface area contributed by atoms with Crippen LogP contribution in [-0.4, -0.2) is 32.4 Å². The summed E-state index contributed by atoms with van der Waals surface area (Å²) in [7, 11) is 0. The number of hydrogen-bond acceptors (Lipinski definition) is 4. The Balaban J connectivity index is 1.64. The van der Waals surface area contributed by atoms with E-state index in [0.29, 0.717) is 6.61 Å². The summed E-state index contributed by atoms with van der Waals surface area (Å²) in [6.45, 7) is 3.52. The van der Waals surface area contributed by atoms with Crippen LogP contribution in [0.5, 0.6) is 5.75 Å². The van der Waals surface area contributed by atoms with Gasteiger partial charge in [0.1, 0.15) is 12.4 Å². The summed E-state index contributed by atoms with van der Waals surface area (Å²) in [5.41, 5.74) is 2.76. The molecule has 0 aromatic heterocycles. The molecule has 0 bridgehead atoms. The lowest BCUT2D eigenvalue weighted by atomic mass is 9.92. The molecule has 0 spiro atoms. The zero-order valence-corrected chi connectivity index (χ0v) is 13.4. The second kappa shape index (κ2) is 9.46. The maximum Gasteiger partial charge on any atom is 0.344 e. The largest absolute Gasteiger partial charge is 0.482 e. The number of hydrogen-bond donors (Lipinski definition) is 0. The standard InChI is InChI=1S/C18H26O4/c1-2-3-10-20-11-12-21-18(19)14-22-17-9-8-15-6-4-5-7-16(15)13-17/h8-9,13H,2-7,10-12,14H2,1H3. The van der Waals surface area contributed by atoms with Crippen molar-refractivity contribution in [1.82, 2.24) is 0 Å². The Morgan fingerprint density at radius 1 is 1.09 bits per heavy atom. The lowest BCUT2D eigenvalue weighted by Gasteiger charge is -2.16. The number of unbranched alkanes of at least 4 members (excludes halogenated alkanes) is 1. The van der Waals surface area contributed by atoms with Gasteiger partial charge in [-0.2, -0.15) is 0 Å². The van der Waals surface area contributed by atoms with Gasteiger partial charge < -0.3 is 14.2 Å². The summed E-state index contributed by atoms with van der Waals surface area (Å²) in [4.78, 5) is 11.6. The van der Waals surface area contributed by atoms with Gasteiger partial charge in [0.25, 0.3) is 0 Å². The highest BCUT2D eigenvalue weighted by Gasteiger charge is 2.11. The Morgan fingerprint density at radius 3 is 2.73 bits per heavy atom. The molecule has 1 aromatic rings. The number of carbonyl (C=O) groups is 1. The SMILES string of the molecule is CCCCOCCOC(=O)COc1ccc2c(c1)CCCC2. The number of aryl methyl sites for hydroxylation is 2. The third kappa shape index (κ3) is 5.68. The molecule has 122 valence electrons. The van der Waals surface area contributed by atoms with E-state index in [4.69, 9.17) is 14.2 Å². The number of fused-ring (bicyclic) bond motifs is 1. The summed E-state index contributed by atoms with van der Waals surface area (Å²) in [6.07, 6.45) is 6.89. The van der Waals surface area contributed by atoms with E-state index >= 15 is 0 Å². The highest BCUT2D eigenvalue weighted by Crippen LogP contribution is 2.25. The molecule has 0 radical (unpaired) electrons. The van der Waals surface area contributed by atoms with Gasteiger partial charge in [0.15, 0.2) is 6.61 Å². The first-order chi connectivity index (χ1) is 10.8. The first kappa shape index (κ1) is 16.8. The van der Waals surface area contributed by atoms with E-state index in [1.165, 1.54) is 24.0 Å². The van der Waals surface area contributed by atoms with E-state index < -0.39 is 0 Å². The third-order valence-corrected chi connectivity index (χ3v) is 3.81. The zero-order valence-electron chi connectivity index (χ0n) is 13.4. The Bertz CT molecular complexity index is 470. The van der Waals surface area contributed by atoms with E-state index in [1.54, 1.807) is 0 Å². The summed E-state index contributed by atoms with van der Waals surface area (Å²) in [5.74, 6) is 0.397. The lowest BCUT2D eigenvalue weighted by molar-refractivity contribution is -0.147. The maximum absolute atomic E-state index is 11.6. The van der Waals surface area contributed by atoms with Gasteiger partial charge in [0.2, 0.25) is 0 Å². The smallest absolute Gasteiger partial charge is 0.344 e. The molecular weight excluding hydrogens is 280 g/mol. The molecule has 0 saturated carbocycles. The maximum atomic E-state index is 11.6. The van der Waals surface area contributed by atoms with Crippen molar-refractivity contribution >= 4 is 5.97 Å². The summed E-state index contributed by atoms with van der Waals surface area (Å²) < 4.78 is 15.9.